The fourth-order valence-electron chi connectivity index (χ4n) is 1.23. The van der Waals surface area contributed by atoms with Crippen molar-refractivity contribution in [2.24, 2.45) is 0 Å². The van der Waals surface area contributed by atoms with E-state index < -0.39 is 11.6 Å². The maximum atomic E-state index is 13.2. The van der Waals surface area contributed by atoms with Crippen LogP contribution in [0.1, 0.15) is 5.69 Å². The molecule has 0 saturated heterocycles. The van der Waals surface area contributed by atoms with Crippen LogP contribution >= 0.6 is 0 Å². The Morgan fingerprint density at radius 3 is 2.53 bits per heavy atom. The lowest BCUT2D eigenvalue weighted by Gasteiger charge is -2.06. The van der Waals surface area contributed by atoms with Gasteiger partial charge in [0, 0.05) is 6.20 Å². The van der Waals surface area contributed by atoms with Gasteiger partial charge in [-0.15, -0.1) is 0 Å². The molecule has 1 heterocycles. The first-order valence-electron chi connectivity index (χ1n) is 4.43. The zero-order valence-corrected chi connectivity index (χ0v) is 7.80. The van der Waals surface area contributed by atoms with E-state index in [9.17, 15) is 8.78 Å². The molecule has 0 radical (unpaired) electrons. The van der Waals surface area contributed by atoms with E-state index in [1.165, 1.54) is 18.2 Å². The third kappa shape index (κ3) is 2.12. The molecule has 1 aromatic carbocycles. The fraction of sp³-hybridized carbons (Fsp3) is 0.100. The molecule has 0 spiro atoms. The molecule has 0 aliphatic rings. The largest absolute Gasteiger partial charge is 0.375 e. The van der Waals surface area contributed by atoms with Crippen molar-refractivity contribution in [2.75, 3.05) is 5.32 Å². The minimum atomic E-state index is -0.602. The maximum absolute atomic E-state index is 13.2. The summed E-state index contributed by atoms with van der Waals surface area (Å²) in [5.41, 5.74) is 0.643. The van der Waals surface area contributed by atoms with Crippen LogP contribution in [0.25, 0.3) is 0 Å². The van der Waals surface area contributed by atoms with E-state index in [2.05, 4.69) is 15.5 Å². The van der Waals surface area contributed by atoms with Crippen LogP contribution in [0.2, 0.25) is 0 Å². The average molecular weight is 209 g/mol. The standard InChI is InChI=1S/C10H9F2N3/c11-8-2-1-3-9(12)10(8)13-6-7-4-5-14-15-7/h1-5,13H,6H2,(H,14,15). The topological polar surface area (TPSA) is 40.7 Å². The van der Waals surface area contributed by atoms with Crippen molar-refractivity contribution in [3.63, 3.8) is 0 Å². The molecule has 0 amide bonds. The summed E-state index contributed by atoms with van der Waals surface area (Å²) in [5.74, 6) is -1.20. The molecule has 3 nitrogen and oxygen atoms in total. The first-order chi connectivity index (χ1) is 7.27. The van der Waals surface area contributed by atoms with Crippen molar-refractivity contribution < 1.29 is 8.78 Å². The Morgan fingerprint density at radius 2 is 1.93 bits per heavy atom. The summed E-state index contributed by atoms with van der Waals surface area (Å²) in [6.45, 7) is 0.303. The van der Waals surface area contributed by atoms with Crippen molar-refractivity contribution in [2.45, 2.75) is 6.54 Å². The Balaban J connectivity index is 2.11. The summed E-state index contributed by atoms with van der Waals surface area (Å²) in [4.78, 5) is 0. The Hall–Kier alpha value is -1.91. The number of rotatable bonds is 3. The number of hydrogen-bond donors (Lipinski definition) is 2. The second-order valence-electron chi connectivity index (χ2n) is 3.03. The van der Waals surface area contributed by atoms with Gasteiger partial charge in [-0.25, -0.2) is 8.78 Å². The maximum Gasteiger partial charge on any atom is 0.149 e. The predicted octanol–water partition coefficient (Wildman–Crippen LogP) is 2.30. The van der Waals surface area contributed by atoms with Crippen molar-refractivity contribution in [1.82, 2.24) is 10.2 Å². The number of H-pyrrole nitrogens is 1. The fourth-order valence-corrected chi connectivity index (χ4v) is 1.23. The highest BCUT2D eigenvalue weighted by atomic mass is 19.1. The highest BCUT2D eigenvalue weighted by Crippen LogP contribution is 2.18. The van der Waals surface area contributed by atoms with Crippen molar-refractivity contribution in [3.05, 3.63) is 47.8 Å². The van der Waals surface area contributed by atoms with Gasteiger partial charge in [0.1, 0.15) is 17.3 Å². The van der Waals surface area contributed by atoms with Crippen LogP contribution in [-0.4, -0.2) is 10.2 Å². The molecule has 15 heavy (non-hydrogen) atoms. The van der Waals surface area contributed by atoms with E-state index >= 15 is 0 Å². The van der Waals surface area contributed by atoms with Crippen LogP contribution in [0.15, 0.2) is 30.5 Å². The molecule has 0 unspecified atom stereocenters. The summed E-state index contributed by atoms with van der Waals surface area (Å²) >= 11 is 0. The number of aromatic amines is 1. The summed E-state index contributed by atoms with van der Waals surface area (Å²) in [6.07, 6.45) is 1.58. The van der Waals surface area contributed by atoms with Gasteiger partial charge in [-0.1, -0.05) is 6.07 Å². The second kappa shape index (κ2) is 4.08. The monoisotopic (exact) mass is 209 g/mol. The van der Waals surface area contributed by atoms with Crippen molar-refractivity contribution in [3.8, 4) is 0 Å². The van der Waals surface area contributed by atoms with Crippen LogP contribution in [0.3, 0.4) is 0 Å². The van der Waals surface area contributed by atoms with Gasteiger partial charge in [0.25, 0.3) is 0 Å². The second-order valence-corrected chi connectivity index (χ2v) is 3.03. The van der Waals surface area contributed by atoms with Gasteiger partial charge in [0.2, 0.25) is 0 Å². The molecule has 0 atom stereocenters. The Bertz CT molecular complexity index is 420. The molecular weight excluding hydrogens is 200 g/mol. The first kappa shape index (κ1) is 9.64. The van der Waals surface area contributed by atoms with E-state index in [0.29, 0.717) is 6.54 Å². The lowest BCUT2D eigenvalue weighted by molar-refractivity contribution is 0.588. The molecule has 0 saturated carbocycles. The summed E-state index contributed by atoms with van der Waals surface area (Å²) in [6, 6.07) is 5.47. The van der Waals surface area contributed by atoms with Gasteiger partial charge in [0.15, 0.2) is 0 Å². The molecular formula is C10H9F2N3. The van der Waals surface area contributed by atoms with Crippen LogP contribution in [0.4, 0.5) is 14.5 Å². The summed E-state index contributed by atoms with van der Waals surface area (Å²) in [5, 5.41) is 9.08. The number of aromatic nitrogens is 2. The highest BCUT2D eigenvalue weighted by molar-refractivity contribution is 5.46. The van der Waals surface area contributed by atoms with Gasteiger partial charge in [-0.05, 0) is 18.2 Å². The van der Waals surface area contributed by atoms with E-state index in [0.717, 1.165) is 5.69 Å². The SMILES string of the molecule is Fc1cccc(F)c1NCc1ccn[nH]1. The minimum absolute atomic E-state index is 0.118. The van der Waals surface area contributed by atoms with E-state index in [4.69, 9.17) is 0 Å². The third-order valence-corrected chi connectivity index (χ3v) is 1.98. The van der Waals surface area contributed by atoms with Crippen LogP contribution in [0, 0.1) is 11.6 Å². The number of benzene rings is 1. The quantitative estimate of drug-likeness (QED) is 0.814. The molecule has 2 rings (SSSR count). The molecule has 0 fully saturated rings. The van der Waals surface area contributed by atoms with Crippen LogP contribution < -0.4 is 5.32 Å². The molecule has 2 aromatic rings. The van der Waals surface area contributed by atoms with E-state index in [-0.39, 0.29) is 5.69 Å². The molecule has 5 heteroatoms. The summed E-state index contributed by atoms with van der Waals surface area (Å²) < 4.78 is 26.3. The van der Waals surface area contributed by atoms with Crippen molar-refractivity contribution in [1.29, 1.82) is 0 Å². The number of hydrogen-bond acceptors (Lipinski definition) is 2. The smallest absolute Gasteiger partial charge is 0.149 e. The number of halogens is 2. The zero-order chi connectivity index (χ0) is 10.7. The van der Waals surface area contributed by atoms with Crippen LogP contribution in [-0.2, 0) is 6.54 Å². The van der Waals surface area contributed by atoms with Gasteiger partial charge in [0.05, 0.1) is 12.2 Å². The third-order valence-electron chi connectivity index (χ3n) is 1.98. The first-order valence-corrected chi connectivity index (χ1v) is 4.43. The molecule has 0 aliphatic carbocycles. The lowest BCUT2D eigenvalue weighted by Crippen LogP contribution is -2.03. The van der Waals surface area contributed by atoms with Crippen LogP contribution in [0.5, 0.6) is 0 Å². The number of nitrogens with zero attached hydrogens (tertiary/aromatic N) is 1. The molecule has 1 aromatic heterocycles. The molecule has 0 aliphatic heterocycles. The summed E-state index contributed by atoms with van der Waals surface area (Å²) in [7, 11) is 0. The van der Waals surface area contributed by atoms with Gasteiger partial charge < -0.3 is 5.32 Å². The van der Waals surface area contributed by atoms with Crippen molar-refractivity contribution >= 4 is 5.69 Å². The number of nitrogens with one attached hydrogen (secondary N) is 2. The Labute approximate surface area is 85.1 Å². The van der Waals surface area contributed by atoms with Gasteiger partial charge >= 0.3 is 0 Å². The van der Waals surface area contributed by atoms with E-state index in [1.54, 1.807) is 12.3 Å². The predicted molar refractivity (Wildman–Crippen MR) is 52.3 cm³/mol. The number of anilines is 1. The normalized spacial score (nSPS) is 10.3. The van der Waals surface area contributed by atoms with Gasteiger partial charge in [-0.3, -0.25) is 5.10 Å². The average Bonchev–Trinajstić information content (AvgIpc) is 2.70. The highest BCUT2D eigenvalue weighted by Gasteiger charge is 2.07. The molecule has 0 bridgehead atoms. The Kier molecular flexibility index (Phi) is 2.62. The zero-order valence-electron chi connectivity index (χ0n) is 7.80. The number of para-hydroxylation sites is 1. The van der Waals surface area contributed by atoms with Gasteiger partial charge in [-0.2, -0.15) is 5.10 Å². The van der Waals surface area contributed by atoms with E-state index in [1.807, 2.05) is 0 Å². The Morgan fingerprint density at radius 1 is 1.20 bits per heavy atom. The minimum Gasteiger partial charge on any atom is -0.375 e. The lowest BCUT2D eigenvalue weighted by atomic mass is 10.3. The molecule has 2 N–H and O–H groups in total. The molecule has 78 valence electrons.